The maximum Gasteiger partial charge on any atom is 0.0448 e. The van der Waals surface area contributed by atoms with Crippen LogP contribution in [-0.2, 0) is 0 Å². The van der Waals surface area contributed by atoms with Crippen molar-refractivity contribution in [3.05, 3.63) is 30.1 Å². The van der Waals surface area contributed by atoms with Crippen molar-refractivity contribution in [2.75, 3.05) is 17.7 Å². The third-order valence-corrected chi connectivity index (χ3v) is 3.68. The van der Waals surface area contributed by atoms with Crippen molar-refractivity contribution in [2.24, 2.45) is 0 Å². The van der Waals surface area contributed by atoms with Crippen molar-refractivity contribution in [2.45, 2.75) is 33.2 Å². The summed E-state index contributed by atoms with van der Waals surface area (Å²) >= 11 is 0. The molecule has 18 heavy (non-hydrogen) atoms. The molecule has 1 aromatic heterocycles. The van der Waals surface area contributed by atoms with Gasteiger partial charge in [-0.3, -0.25) is 4.98 Å². The standard InChI is InChI=1S/C15H21N3/c1-5-11(3)18(4)15-7-6-14(16)13-9-17-10(2)8-12(13)15/h6-9,11H,5,16H2,1-4H3. The van der Waals surface area contributed by atoms with Crippen molar-refractivity contribution < 1.29 is 0 Å². The number of fused-ring (bicyclic) bond motifs is 1. The Morgan fingerprint density at radius 1 is 1.33 bits per heavy atom. The lowest BCUT2D eigenvalue weighted by atomic mass is 10.1. The van der Waals surface area contributed by atoms with E-state index in [0.29, 0.717) is 6.04 Å². The Balaban J connectivity index is 2.64. The molecule has 1 unspecified atom stereocenters. The van der Waals surface area contributed by atoms with Crippen LogP contribution in [-0.4, -0.2) is 18.1 Å². The van der Waals surface area contributed by atoms with E-state index in [4.69, 9.17) is 5.73 Å². The van der Waals surface area contributed by atoms with Crippen molar-refractivity contribution in [3.8, 4) is 0 Å². The number of nitrogens with two attached hydrogens (primary N) is 1. The van der Waals surface area contributed by atoms with E-state index in [1.165, 1.54) is 11.1 Å². The van der Waals surface area contributed by atoms with Gasteiger partial charge in [0.15, 0.2) is 0 Å². The number of anilines is 2. The molecular formula is C15H21N3. The Morgan fingerprint density at radius 2 is 2.06 bits per heavy atom. The second-order valence-corrected chi connectivity index (χ2v) is 4.91. The lowest BCUT2D eigenvalue weighted by Crippen LogP contribution is -2.28. The van der Waals surface area contributed by atoms with Crippen LogP contribution in [0.4, 0.5) is 11.4 Å². The number of hydrogen-bond donors (Lipinski definition) is 1. The number of hydrogen-bond acceptors (Lipinski definition) is 3. The van der Waals surface area contributed by atoms with Gasteiger partial charge < -0.3 is 10.6 Å². The molecule has 0 aliphatic carbocycles. The minimum Gasteiger partial charge on any atom is -0.398 e. The molecule has 2 N–H and O–H groups in total. The first-order chi connectivity index (χ1) is 8.54. The Labute approximate surface area is 109 Å². The largest absolute Gasteiger partial charge is 0.398 e. The Hall–Kier alpha value is -1.77. The topological polar surface area (TPSA) is 42.1 Å². The van der Waals surface area contributed by atoms with E-state index in [9.17, 15) is 0 Å². The van der Waals surface area contributed by atoms with Crippen molar-refractivity contribution in [1.82, 2.24) is 4.98 Å². The summed E-state index contributed by atoms with van der Waals surface area (Å²) in [5.74, 6) is 0. The molecule has 0 bridgehead atoms. The van der Waals surface area contributed by atoms with Gasteiger partial charge in [0, 0.05) is 47.1 Å². The van der Waals surface area contributed by atoms with E-state index < -0.39 is 0 Å². The van der Waals surface area contributed by atoms with E-state index in [0.717, 1.165) is 23.2 Å². The Bertz CT molecular complexity index is 563. The molecule has 0 radical (unpaired) electrons. The lowest BCUT2D eigenvalue weighted by molar-refractivity contribution is 0.665. The van der Waals surface area contributed by atoms with Gasteiger partial charge in [0.25, 0.3) is 0 Å². The lowest BCUT2D eigenvalue weighted by Gasteiger charge is -2.27. The van der Waals surface area contributed by atoms with Crippen LogP contribution < -0.4 is 10.6 Å². The molecule has 96 valence electrons. The van der Waals surface area contributed by atoms with Crippen molar-refractivity contribution in [3.63, 3.8) is 0 Å². The molecule has 2 aromatic rings. The fourth-order valence-electron chi connectivity index (χ4n) is 2.17. The van der Waals surface area contributed by atoms with Gasteiger partial charge in [-0.05, 0) is 38.5 Å². The number of benzene rings is 1. The van der Waals surface area contributed by atoms with Gasteiger partial charge in [-0.25, -0.2) is 0 Å². The highest BCUT2D eigenvalue weighted by Gasteiger charge is 2.12. The highest BCUT2D eigenvalue weighted by molar-refractivity contribution is 6.01. The second kappa shape index (κ2) is 4.84. The summed E-state index contributed by atoms with van der Waals surface area (Å²) in [4.78, 5) is 6.64. The molecule has 0 fully saturated rings. The first kappa shape index (κ1) is 12.7. The van der Waals surface area contributed by atoms with Crippen molar-refractivity contribution >= 4 is 22.1 Å². The summed E-state index contributed by atoms with van der Waals surface area (Å²) in [7, 11) is 2.13. The van der Waals surface area contributed by atoms with Crippen LogP contribution in [0, 0.1) is 6.92 Å². The Kier molecular flexibility index (Phi) is 3.41. The predicted molar refractivity (Wildman–Crippen MR) is 79.0 cm³/mol. The molecule has 1 atom stereocenters. The van der Waals surface area contributed by atoms with Crippen molar-refractivity contribution in [1.29, 1.82) is 0 Å². The fourth-order valence-corrected chi connectivity index (χ4v) is 2.17. The van der Waals surface area contributed by atoms with E-state index in [1.807, 2.05) is 19.2 Å². The van der Waals surface area contributed by atoms with Crippen LogP contribution >= 0.6 is 0 Å². The van der Waals surface area contributed by atoms with Crippen LogP contribution in [0.3, 0.4) is 0 Å². The van der Waals surface area contributed by atoms with Gasteiger partial charge >= 0.3 is 0 Å². The zero-order chi connectivity index (χ0) is 13.3. The molecule has 2 rings (SSSR count). The van der Waals surface area contributed by atoms with Crippen LogP contribution in [0.2, 0.25) is 0 Å². The molecule has 3 nitrogen and oxygen atoms in total. The molecule has 0 spiro atoms. The quantitative estimate of drug-likeness (QED) is 0.840. The van der Waals surface area contributed by atoms with Gasteiger partial charge in [-0.15, -0.1) is 0 Å². The summed E-state index contributed by atoms with van der Waals surface area (Å²) in [6.07, 6.45) is 2.99. The maximum absolute atomic E-state index is 6.03. The zero-order valence-corrected chi connectivity index (χ0v) is 11.6. The number of rotatable bonds is 3. The highest BCUT2D eigenvalue weighted by Crippen LogP contribution is 2.31. The maximum atomic E-state index is 6.03. The molecular weight excluding hydrogens is 222 g/mol. The number of aryl methyl sites for hydroxylation is 1. The summed E-state index contributed by atoms with van der Waals surface area (Å²) in [6.45, 7) is 6.44. The van der Waals surface area contributed by atoms with Gasteiger partial charge in [0.05, 0.1) is 0 Å². The number of nitrogens with zero attached hydrogens (tertiary/aromatic N) is 2. The summed E-state index contributed by atoms with van der Waals surface area (Å²) in [5, 5.41) is 2.22. The molecule has 0 saturated heterocycles. The molecule has 0 amide bonds. The monoisotopic (exact) mass is 243 g/mol. The van der Waals surface area contributed by atoms with Crippen LogP contribution in [0.25, 0.3) is 10.8 Å². The fraction of sp³-hybridized carbons (Fsp3) is 0.400. The summed E-state index contributed by atoms with van der Waals surface area (Å²) in [5.41, 5.74) is 9.06. The first-order valence-electron chi connectivity index (χ1n) is 6.42. The van der Waals surface area contributed by atoms with Crippen LogP contribution in [0.15, 0.2) is 24.4 Å². The Morgan fingerprint density at radius 3 is 2.72 bits per heavy atom. The minimum atomic E-state index is 0.505. The SMILES string of the molecule is CCC(C)N(C)c1ccc(N)c2cnc(C)cc12. The van der Waals surface area contributed by atoms with Gasteiger partial charge in [0.1, 0.15) is 0 Å². The molecule has 0 saturated carbocycles. The van der Waals surface area contributed by atoms with Crippen LogP contribution in [0.1, 0.15) is 26.0 Å². The normalized spacial score (nSPS) is 12.7. The molecule has 0 aliphatic rings. The number of nitrogen functional groups attached to an aromatic ring is 1. The molecule has 3 heteroatoms. The number of pyridine rings is 1. The van der Waals surface area contributed by atoms with E-state index in [1.54, 1.807) is 0 Å². The third-order valence-electron chi connectivity index (χ3n) is 3.68. The van der Waals surface area contributed by atoms with Crippen LogP contribution in [0.5, 0.6) is 0 Å². The molecule has 0 aliphatic heterocycles. The number of aromatic nitrogens is 1. The molecule has 1 heterocycles. The smallest absolute Gasteiger partial charge is 0.0448 e. The summed E-state index contributed by atoms with van der Waals surface area (Å²) in [6, 6.07) is 6.68. The zero-order valence-electron chi connectivity index (χ0n) is 11.6. The third kappa shape index (κ3) is 2.13. The predicted octanol–water partition coefficient (Wildman–Crippen LogP) is 3.36. The van der Waals surface area contributed by atoms with E-state index in [2.05, 4.69) is 42.9 Å². The van der Waals surface area contributed by atoms with Gasteiger partial charge in [-0.1, -0.05) is 6.92 Å². The summed E-state index contributed by atoms with van der Waals surface area (Å²) < 4.78 is 0. The van der Waals surface area contributed by atoms with Gasteiger partial charge in [0.2, 0.25) is 0 Å². The first-order valence-corrected chi connectivity index (χ1v) is 6.42. The van der Waals surface area contributed by atoms with E-state index in [-0.39, 0.29) is 0 Å². The molecule has 1 aromatic carbocycles. The highest BCUT2D eigenvalue weighted by atomic mass is 15.1. The van der Waals surface area contributed by atoms with Gasteiger partial charge in [-0.2, -0.15) is 0 Å². The average molecular weight is 243 g/mol. The average Bonchev–Trinajstić information content (AvgIpc) is 2.37. The second-order valence-electron chi connectivity index (χ2n) is 4.91. The minimum absolute atomic E-state index is 0.505. The van der Waals surface area contributed by atoms with E-state index >= 15 is 0 Å².